The third-order valence-corrected chi connectivity index (χ3v) is 6.15. The summed E-state index contributed by atoms with van der Waals surface area (Å²) in [7, 11) is -3.65. The number of hydrogen-bond acceptors (Lipinski definition) is 7. The van der Waals surface area contributed by atoms with Crippen molar-refractivity contribution in [3.8, 4) is 5.75 Å². The fourth-order valence-electron chi connectivity index (χ4n) is 2.82. The third-order valence-electron chi connectivity index (χ3n) is 4.30. The Bertz CT molecular complexity index is 1070. The Hall–Kier alpha value is -3.31. The van der Waals surface area contributed by atoms with E-state index in [2.05, 4.69) is 15.3 Å². The second kappa shape index (κ2) is 8.37. The molecule has 3 heterocycles. The highest BCUT2D eigenvalue weighted by Crippen LogP contribution is 2.28. The van der Waals surface area contributed by atoms with Gasteiger partial charge in [-0.3, -0.25) is 14.6 Å². The smallest absolute Gasteiger partial charge is 0.322 e. The molecular weight excluding hydrogens is 400 g/mol. The van der Waals surface area contributed by atoms with Crippen LogP contribution in [0.1, 0.15) is 22.5 Å². The third kappa shape index (κ3) is 4.58. The zero-order chi connectivity index (χ0) is 21.0. The molecular formula is C18H18N4O6S. The lowest BCUT2D eigenvalue weighted by atomic mass is 10.0. The van der Waals surface area contributed by atoms with Gasteiger partial charge in [0.05, 0.1) is 0 Å². The highest BCUT2D eigenvalue weighted by Gasteiger charge is 2.27. The van der Waals surface area contributed by atoms with Gasteiger partial charge in [-0.2, -0.15) is 4.31 Å². The number of aliphatic carboxylic acids is 1. The van der Waals surface area contributed by atoms with Gasteiger partial charge in [0.25, 0.3) is 5.91 Å². The van der Waals surface area contributed by atoms with Crippen LogP contribution in [0.25, 0.3) is 5.57 Å². The first-order valence-electron chi connectivity index (χ1n) is 8.57. The van der Waals surface area contributed by atoms with Crippen molar-refractivity contribution in [1.29, 1.82) is 0 Å². The Labute approximate surface area is 166 Å². The molecule has 0 aromatic carbocycles. The lowest BCUT2D eigenvalue weighted by Crippen LogP contribution is -2.34. The topological polar surface area (TPSA) is 150 Å². The van der Waals surface area contributed by atoms with Crippen molar-refractivity contribution in [2.45, 2.75) is 11.3 Å². The maximum atomic E-state index is 12.6. The molecule has 1 aliphatic heterocycles. The highest BCUT2D eigenvalue weighted by molar-refractivity contribution is 7.89. The quantitative estimate of drug-likeness (QED) is 0.613. The number of aromatic hydroxyl groups is 1. The molecule has 0 spiro atoms. The van der Waals surface area contributed by atoms with Crippen molar-refractivity contribution in [3.05, 3.63) is 54.1 Å². The van der Waals surface area contributed by atoms with Gasteiger partial charge in [0.15, 0.2) is 5.69 Å². The van der Waals surface area contributed by atoms with Crippen molar-refractivity contribution in [3.63, 3.8) is 0 Å². The van der Waals surface area contributed by atoms with Crippen LogP contribution in [0.4, 0.5) is 0 Å². The van der Waals surface area contributed by atoms with Crippen LogP contribution < -0.4 is 5.32 Å². The van der Waals surface area contributed by atoms with Gasteiger partial charge in [-0.25, -0.2) is 13.4 Å². The van der Waals surface area contributed by atoms with Crippen LogP contribution in [0, 0.1) is 0 Å². The average Bonchev–Trinajstić information content (AvgIpc) is 2.72. The summed E-state index contributed by atoms with van der Waals surface area (Å²) in [5.41, 5.74) is 1.05. The van der Waals surface area contributed by atoms with E-state index in [0.717, 1.165) is 5.57 Å². The second-order valence-electron chi connectivity index (χ2n) is 6.20. The van der Waals surface area contributed by atoms with Gasteiger partial charge in [-0.15, -0.1) is 0 Å². The lowest BCUT2D eigenvalue weighted by molar-refractivity contribution is -0.135. The van der Waals surface area contributed by atoms with Crippen molar-refractivity contribution in [2.24, 2.45) is 0 Å². The molecule has 0 unspecified atom stereocenters. The van der Waals surface area contributed by atoms with E-state index in [4.69, 9.17) is 5.11 Å². The zero-order valence-electron chi connectivity index (χ0n) is 15.1. The molecule has 0 bridgehead atoms. The van der Waals surface area contributed by atoms with Crippen LogP contribution in [-0.2, 0) is 14.8 Å². The summed E-state index contributed by atoms with van der Waals surface area (Å²) < 4.78 is 26.6. The zero-order valence-corrected chi connectivity index (χ0v) is 16.0. The predicted molar refractivity (Wildman–Crippen MR) is 101 cm³/mol. The van der Waals surface area contributed by atoms with Crippen LogP contribution in [0.2, 0.25) is 0 Å². The molecule has 0 radical (unpaired) electrons. The molecule has 0 saturated heterocycles. The van der Waals surface area contributed by atoms with Crippen LogP contribution >= 0.6 is 0 Å². The van der Waals surface area contributed by atoms with Gasteiger partial charge in [0.1, 0.15) is 17.2 Å². The summed E-state index contributed by atoms with van der Waals surface area (Å²) in [6.45, 7) is -0.201. The number of carbonyl (C=O) groups is 2. The first kappa shape index (κ1) is 20.4. The SMILES string of the molecule is O=C(O)CNC(=O)c1ncc(C2=CCN(S(=O)(=O)c3cccnc3)CC2)cc1O. The minimum absolute atomic E-state index is 0.118. The summed E-state index contributed by atoms with van der Waals surface area (Å²) in [6.07, 6.45) is 6.29. The summed E-state index contributed by atoms with van der Waals surface area (Å²) in [4.78, 5) is 30.2. The number of amides is 1. The number of nitrogens with zero attached hydrogens (tertiary/aromatic N) is 3. The van der Waals surface area contributed by atoms with E-state index in [0.29, 0.717) is 12.0 Å². The van der Waals surface area contributed by atoms with E-state index in [-0.39, 0.29) is 23.7 Å². The molecule has 0 atom stereocenters. The maximum Gasteiger partial charge on any atom is 0.322 e. The number of pyridine rings is 2. The number of aromatic nitrogens is 2. The minimum Gasteiger partial charge on any atom is -0.505 e. The molecule has 1 aliphatic rings. The lowest BCUT2D eigenvalue weighted by Gasteiger charge is -2.25. The van der Waals surface area contributed by atoms with Crippen LogP contribution in [-0.4, -0.2) is 64.4 Å². The van der Waals surface area contributed by atoms with E-state index in [1.165, 1.54) is 35.0 Å². The fraction of sp³-hybridized carbons (Fsp3) is 0.222. The molecule has 0 saturated carbocycles. The van der Waals surface area contributed by atoms with Crippen molar-refractivity contribution >= 4 is 27.5 Å². The van der Waals surface area contributed by atoms with E-state index in [1.807, 2.05) is 0 Å². The maximum absolute atomic E-state index is 12.6. The number of nitrogens with one attached hydrogen (secondary N) is 1. The Morgan fingerprint density at radius 1 is 1.28 bits per heavy atom. The highest BCUT2D eigenvalue weighted by atomic mass is 32.2. The van der Waals surface area contributed by atoms with Gasteiger partial charge in [-0.05, 0) is 35.8 Å². The van der Waals surface area contributed by atoms with Crippen LogP contribution in [0.3, 0.4) is 0 Å². The molecule has 11 heteroatoms. The summed E-state index contributed by atoms with van der Waals surface area (Å²) in [5.74, 6) is -2.41. The summed E-state index contributed by atoms with van der Waals surface area (Å²) in [5, 5.41) is 20.8. The second-order valence-corrected chi connectivity index (χ2v) is 8.14. The van der Waals surface area contributed by atoms with E-state index < -0.39 is 34.2 Å². The Balaban J connectivity index is 1.74. The first-order valence-corrected chi connectivity index (χ1v) is 10.0. The molecule has 0 aliphatic carbocycles. The summed E-state index contributed by atoms with van der Waals surface area (Å²) >= 11 is 0. The van der Waals surface area contributed by atoms with Crippen molar-refractivity contribution in [2.75, 3.05) is 19.6 Å². The fourth-order valence-corrected chi connectivity index (χ4v) is 4.17. The normalized spacial score (nSPS) is 14.8. The number of rotatable bonds is 6. The van der Waals surface area contributed by atoms with Gasteiger partial charge in [0, 0.05) is 31.7 Å². The Kier molecular flexibility index (Phi) is 5.89. The number of carboxylic acids is 1. The Morgan fingerprint density at radius 3 is 2.66 bits per heavy atom. The molecule has 2 aromatic rings. The standard InChI is InChI=1S/C18H18N4O6S/c23-15-8-13(9-20-17(15)18(26)21-11-16(24)25)12-3-6-22(7-4-12)29(27,28)14-2-1-5-19-10-14/h1-3,5,8-10,23H,4,6-7,11H2,(H,21,26)(H,24,25). The predicted octanol–water partition coefficient (Wildman–Crippen LogP) is 0.475. The van der Waals surface area contributed by atoms with Gasteiger partial charge >= 0.3 is 5.97 Å². The van der Waals surface area contributed by atoms with Crippen LogP contribution in [0.15, 0.2) is 47.8 Å². The van der Waals surface area contributed by atoms with E-state index >= 15 is 0 Å². The van der Waals surface area contributed by atoms with E-state index in [9.17, 15) is 23.1 Å². The molecule has 152 valence electrons. The number of carboxylic acid groups (broad SMARTS) is 1. The number of sulfonamides is 1. The van der Waals surface area contributed by atoms with Crippen LogP contribution in [0.5, 0.6) is 5.75 Å². The number of hydrogen-bond donors (Lipinski definition) is 3. The Morgan fingerprint density at radius 2 is 2.07 bits per heavy atom. The molecule has 0 fully saturated rings. The minimum atomic E-state index is -3.65. The molecule has 3 rings (SSSR count). The van der Waals surface area contributed by atoms with Crippen molar-refractivity contribution in [1.82, 2.24) is 19.6 Å². The van der Waals surface area contributed by atoms with E-state index in [1.54, 1.807) is 12.1 Å². The largest absolute Gasteiger partial charge is 0.505 e. The molecule has 10 nitrogen and oxygen atoms in total. The molecule has 1 amide bonds. The average molecular weight is 418 g/mol. The van der Waals surface area contributed by atoms with Gasteiger partial charge < -0.3 is 15.5 Å². The van der Waals surface area contributed by atoms with Gasteiger partial charge in [-0.1, -0.05) is 6.08 Å². The molecule has 29 heavy (non-hydrogen) atoms. The molecule has 3 N–H and O–H groups in total. The monoisotopic (exact) mass is 418 g/mol. The first-order chi connectivity index (χ1) is 13.8. The summed E-state index contributed by atoms with van der Waals surface area (Å²) in [6, 6.07) is 4.39. The van der Waals surface area contributed by atoms with Crippen molar-refractivity contribution < 1.29 is 28.2 Å². The molecule has 2 aromatic heterocycles. The number of carbonyl (C=O) groups excluding carboxylic acids is 1. The van der Waals surface area contributed by atoms with Gasteiger partial charge in [0.2, 0.25) is 10.0 Å².